The second-order valence-corrected chi connectivity index (χ2v) is 4.78. The van der Waals surface area contributed by atoms with E-state index in [0.29, 0.717) is 13.2 Å². The molecule has 1 unspecified atom stereocenters. The van der Waals surface area contributed by atoms with E-state index in [-0.39, 0.29) is 12.0 Å². The van der Waals surface area contributed by atoms with Gasteiger partial charge in [0.05, 0.1) is 31.8 Å². The van der Waals surface area contributed by atoms with Gasteiger partial charge in [0.25, 0.3) is 0 Å². The largest absolute Gasteiger partial charge is 0.496 e. The average molecular weight is 251 g/mol. The number of rotatable bonds is 5. The van der Waals surface area contributed by atoms with Crippen LogP contribution in [-0.4, -0.2) is 38.1 Å². The second kappa shape index (κ2) is 5.26. The second-order valence-electron chi connectivity index (χ2n) is 4.78. The zero-order valence-electron chi connectivity index (χ0n) is 11.0. The summed E-state index contributed by atoms with van der Waals surface area (Å²) in [5, 5.41) is 10.1. The molecule has 1 aromatic rings. The average Bonchev–Trinajstić information content (AvgIpc) is 2.36. The number of benzene rings is 1. The van der Waals surface area contributed by atoms with Crippen molar-refractivity contribution in [2.24, 2.45) is 5.73 Å². The predicted molar refractivity (Wildman–Crippen MR) is 69.9 cm³/mol. The number of hydrogen-bond acceptors (Lipinski definition) is 4. The third-order valence-corrected chi connectivity index (χ3v) is 3.82. The summed E-state index contributed by atoms with van der Waals surface area (Å²) in [6, 6.07) is 6.05. The fourth-order valence-corrected chi connectivity index (χ4v) is 2.46. The molecule has 4 nitrogen and oxygen atoms in total. The van der Waals surface area contributed by atoms with Crippen LogP contribution in [0.25, 0.3) is 0 Å². The Morgan fingerprint density at radius 2 is 2.22 bits per heavy atom. The molecular formula is C14H21NO3. The Bertz CT molecular complexity index is 416. The quantitative estimate of drug-likeness (QED) is 0.814. The maximum atomic E-state index is 10.1. The molecule has 0 aliphatic carbocycles. The third kappa shape index (κ3) is 2.00. The molecule has 1 atom stereocenters. The van der Waals surface area contributed by atoms with Crippen LogP contribution in [0.4, 0.5) is 0 Å². The summed E-state index contributed by atoms with van der Waals surface area (Å²) >= 11 is 0. The lowest BCUT2D eigenvalue weighted by atomic mass is 9.73. The van der Waals surface area contributed by atoms with Gasteiger partial charge in [-0.2, -0.15) is 0 Å². The van der Waals surface area contributed by atoms with Gasteiger partial charge in [0.15, 0.2) is 0 Å². The van der Waals surface area contributed by atoms with Crippen molar-refractivity contribution >= 4 is 0 Å². The SMILES string of the molecule is CCc1cc(C2(C(O)CN)COC2)ccc1OC. The highest BCUT2D eigenvalue weighted by molar-refractivity contribution is 5.42. The Morgan fingerprint density at radius 3 is 2.67 bits per heavy atom. The number of aryl methyl sites for hydroxylation is 1. The molecule has 1 aliphatic rings. The Hall–Kier alpha value is -1.10. The number of nitrogens with two attached hydrogens (primary N) is 1. The minimum Gasteiger partial charge on any atom is -0.496 e. The Labute approximate surface area is 108 Å². The summed E-state index contributed by atoms with van der Waals surface area (Å²) in [6.07, 6.45) is 0.330. The van der Waals surface area contributed by atoms with Crippen LogP contribution >= 0.6 is 0 Å². The third-order valence-electron chi connectivity index (χ3n) is 3.82. The van der Waals surface area contributed by atoms with Crippen molar-refractivity contribution in [1.29, 1.82) is 0 Å². The van der Waals surface area contributed by atoms with Gasteiger partial charge >= 0.3 is 0 Å². The standard InChI is InChI=1S/C14H21NO3/c1-3-10-6-11(4-5-12(10)17-2)14(8-18-9-14)13(16)7-15/h4-6,13,16H,3,7-9,15H2,1-2H3. The molecule has 0 spiro atoms. The first-order valence-electron chi connectivity index (χ1n) is 6.31. The van der Waals surface area contributed by atoms with E-state index in [1.165, 1.54) is 0 Å². The Balaban J connectivity index is 2.37. The van der Waals surface area contributed by atoms with Crippen molar-refractivity contribution in [1.82, 2.24) is 0 Å². The molecule has 2 rings (SSSR count). The van der Waals surface area contributed by atoms with E-state index >= 15 is 0 Å². The van der Waals surface area contributed by atoms with Crippen LogP contribution < -0.4 is 10.5 Å². The fourth-order valence-electron chi connectivity index (χ4n) is 2.46. The summed E-state index contributed by atoms with van der Waals surface area (Å²) < 4.78 is 10.6. The van der Waals surface area contributed by atoms with Crippen LogP contribution in [0, 0.1) is 0 Å². The van der Waals surface area contributed by atoms with Crippen molar-refractivity contribution in [2.45, 2.75) is 24.9 Å². The van der Waals surface area contributed by atoms with Gasteiger partial charge in [0, 0.05) is 6.54 Å². The first-order chi connectivity index (χ1) is 8.67. The molecule has 0 amide bonds. The molecule has 1 aliphatic heterocycles. The predicted octanol–water partition coefficient (Wildman–Crippen LogP) is 0.845. The smallest absolute Gasteiger partial charge is 0.122 e. The topological polar surface area (TPSA) is 64.7 Å². The minimum atomic E-state index is -0.565. The molecule has 3 N–H and O–H groups in total. The number of aliphatic hydroxyl groups is 1. The van der Waals surface area contributed by atoms with Crippen molar-refractivity contribution in [3.05, 3.63) is 29.3 Å². The van der Waals surface area contributed by atoms with Gasteiger partial charge in [0.2, 0.25) is 0 Å². The Kier molecular flexibility index (Phi) is 3.90. The number of methoxy groups -OCH3 is 1. The van der Waals surface area contributed by atoms with Crippen LogP contribution in [0.1, 0.15) is 18.1 Å². The fraction of sp³-hybridized carbons (Fsp3) is 0.571. The van der Waals surface area contributed by atoms with Gasteiger partial charge < -0.3 is 20.3 Å². The van der Waals surface area contributed by atoms with Gasteiger partial charge in [-0.1, -0.05) is 19.1 Å². The van der Waals surface area contributed by atoms with Crippen LogP contribution in [-0.2, 0) is 16.6 Å². The monoisotopic (exact) mass is 251 g/mol. The van der Waals surface area contributed by atoms with Gasteiger partial charge in [-0.25, -0.2) is 0 Å². The lowest BCUT2D eigenvalue weighted by molar-refractivity contribution is -0.116. The number of hydrogen-bond donors (Lipinski definition) is 2. The zero-order chi connectivity index (χ0) is 13.2. The molecule has 18 heavy (non-hydrogen) atoms. The molecule has 0 radical (unpaired) electrons. The van der Waals surface area contributed by atoms with Gasteiger partial charge in [0.1, 0.15) is 5.75 Å². The molecule has 0 aromatic heterocycles. The molecule has 1 heterocycles. The summed E-state index contributed by atoms with van der Waals surface area (Å²) in [7, 11) is 1.67. The number of aliphatic hydroxyl groups excluding tert-OH is 1. The van der Waals surface area contributed by atoms with Crippen molar-refractivity contribution in [3.8, 4) is 5.75 Å². The first-order valence-corrected chi connectivity index (χ1v) is 6.31. The summed E-state index contributed by atoms with van der Waals surface area (Å²) in [6.45, 7) is 3.39. The van der Waals surface area contributed by atoms with E-state index in [9.17, 15) is 5.11 Å². The van der Waals surface area contributed by atoms with Crippen LogP contribution in [0.15, 0.2) is 18.2 Å². The van der Waals surface area contributed by atoms with E-state index in [0.717, 1.165) is 23.3 Å². The molecule has 1 saturated heterocycles. The Morgan fingerprint density at radius 1 is 1.50 bits per heavy atom. The summed E-state index contributed by atoms with van der Waals surface area (Å²) in [5.74, 6) is 0.888. The molecule has 1 aromatic carbocycles. The van der Waals surface area contributed by atoms with Crippen LogP contribution in [0.5, 0.6) is 5.75 Å². The highest BCUT2D eigenvalue weighted by Gasteiger charge is 2.46. The summed E-state index contributed by atoms with van der Waals surface area (Å²) in [5.41, 5.74) is 7.49. The van der Waals surface area contributed by atoms with Crippen molar-refractivity contribution < 1.29 is 14.6 Å². The molecular weight excluding hydrogens is 230 g/mol. The van der Waals surface area contributed by atoms with E-state index in [4.69, 9.17) is 15.2 Å². The van der Waals surface area contributed by atoms with E-state index in [1.54, 1.807) is 7.11 Å². The summed E-state index contributed by atoms with van der Waals surface area (Å²) in [4.78, 5) is 0. The van der Waals surface area contributed by atoms with E-state index in [2.05, 4.69) is 13.0 Å². The number of ether oxygens (including phenoxy) is 2. The maximum absolute atomic E-state index is 10.1. The highest BCUT2D eigenvalue weighted by Crippen LogP contribution is 2.37. The van der Waals surface area contributed by atoms with Gasteiger partial charge in [-0.15, -0.1) is 0 Å². The molecule has 0 bridgehead atoms. The minimum absolute atomic E-state index is 0.247. The first kappa shape index (κ1) is 13.3. The lowest BCUT2D eigenvalue weighted by Crippen LogP contribution is -2.57. The van der Waals surface area contributed by atoms with E-state index in [1.807, 2.05) is 12.1 Å². The zero-order valence-corrected chi connectivity index (χ0v) is 11.0. The van der Waals surface area contributed by atoms with E-state index < -0.39 is 6.10 Å². The molecule has 0 saturated carbocycles. The van der Waals surface area contributed by atoms with Crippen LogP contribution in [0.3, 0.4) is 0 Å². The maximum Gasteiger partial charge on any atom is 0.122 e. The van der Waals surface area contributed by atoms with Gasteiger partial charge in [-0.3, -0.25) is 0 Å². The molecule has 100 valence electrons. The molecule has 4 heteroatoms. The normalized spacial score (nSPS) is 19.1. The highest BCUT2D eigenvalue weighted by atomic mass is 16.5. The van der Waals surface area contributed by atoms with Gasteiger partial charge in [-0.05, 0) is 23.6 Å². The van der Waals surface area contributed by atoms with Crippen molar-refractivity contribution in [3.63, 3.8) is 0 Å². The van der Waals surface area contributed by atoms with Crippen molar-refractivity contribution in [2.75, 3.05) is 26.9 Å². The lowest BCUT2D eigenvalue weighted by Gasteiger charge is -2.45. The molecule has 1 fully saturated rings. The van der Waals surface area contributed by atoms with Crippen LogP contribution in [0.2, 0.25) is 0 Å².